The van der Waals surface area contributed by atoms with Crippen molar-refractivity contribution >= 4 is 28.3 Å². The molecule has 0 fully saturated rings. The van der Waals surface area contributed by atoms with Gasteiger partial charge in [0.05, 0.1) is 18.0 Å². The van der Waals surface area contributed by atoms with Crippen molar-refractivity contribution in [3.05, 3.63) is 65.5 Å². The molecule has 3 aromatic rings. The monoisotopic (exact) mass is 450 g/mol. The van der Waals surface area contributed by atoms with Gasteiger partial charge in [0, 0.05) is 10.9 Å². The normalized spacial score (nSPS) is 12.2. The van der Waals surface area contributed by atoms with E-state index in [1.165, 1.54) is 18.2 Å². The first-order valence-electron chi connectivity index (χ1n) is 9.08. The molecule has 1 aromatic heterocycles. The summed E-state index contributed by atoms with van der Waals surface area (Å²) in [6.07, 6.45) is -4.92. The molecule has 31 heavy (non-hydrogen) atoms. The first-order valence-corrected chi connectivity index (χ1v) is 9.96. The van der Waals surface area contributed by atoms with Crippen LogP contribution >= 0.6 is 11.3 Å². The van der Waals surface area contributed by atoms with E-state index in [2.05, 4.69) is 15.0 Å². The number of hydrogen-bond acceptors (Lipinski definition) is 5. The van der Waals surface area contributed by atoms with Crippen LogP contribution in [0.2, 0.25) is 0 Å². The summed E-state index contributed by atoms with van der Waals surface area (Å²) < 4.78 is 41.2. The van der Waals surface area contributed by atoms with Gasteiger partial charge < -0.3 is 15.2 Å². The van der Waals surface area contributed by atoms with E-state index in [9.17, 15) is 22.8 Å². The maximum atomic E-state index is 12.7. The molecule has 1 unspecified atom stereocenters. The van der Waals surface area contributed by atoms with Crippen LogP contribution in [0.15, 0.2) is 60.0 Å². The number of carbonyl (C=O) groups is 2. The highest BCUT2D eigenvalue weighted by Gasteiger charge is 2.31. The van der Waals surface area contributed by atoms with Gasteiger partial charge in [-0.1, -0.05) is 42.5 Å². The number of aromatic nitrogens is 1. The molecule has 0 bridgehead atoms. The molecule has 0 aliphatic carbocycles. The number of carboxylic acid groups (broad SMARTS) is 1. The number of rotatable bonds is 8. The molecule has 2 aromatic carbocycles. The van der Waals surface area contributed by atoms with Gasteiger partial charge in [0.15, 0.2) is 5.13 Å². The maximum Gasteiger partial charge on any atom is 0.573 e. The Labute approximate surface area is 179 Å². The summed E-state index contributed by atoms with van der Waals surface area (Å²) >= 11 is 1.08. The lowest BCUT2D eigenvalue weighted by Crippen LogP contribution is -2.27. The summed E-state index contributed by atoms with van der Waals surface area (Å²) in [5.74, 6) is -2.79. The van der Waals surface area contributed by atoms with Crippen LogP contribution in [0.1, 0.15) is 12.0 Å². The van der Waals surface area contributed by atoms with Crippen molar-refractivity contribution < 1.29 is 32.6 Å². The highest BCUT2D eigenvalue weighted by atomic mass is 32.1. The molecule has 162 valence electrons. The quantitative estimate of drug-likeness (QED) is 0.505. The number of amides is 1. The molecule has 1 heterocycles. The van der Waals surface area contributed by atoms with E-state index in [1.807, 2.05) is 6.07 Å². The second-order valence-corrected chi connectivity index (χ2v) is 7.45. The molecular formula is C21H17F3N2O4S. The fraction of sp³-hybridized carbons (Fsp3) is 0.190. The largest absolute Gasteiger partial charge is 0.573 e. The number of benzene rings is 2. The number of alkyl halides is 3. The number of aliphatic carboxylic acids is 1. The molecule has 0 spiro atoms. The van der Waals surface area contributed by atoms with Crippen molar-refractivity contribution in [2.24, 2.45) is 5.92 Å². The number of carboxylic acids is 1. The number of halogens is 3. The van der Waals surface area contributed by atoms with Crippen LogP contribution in [0.5, 0.6) is 5.75 Å². The van der Waals surface area contributed by atoms with E-state index < -0.39 is 24.2 Å². The minimum atomic E-state index is -4.81. The molecule has 0 aliphatic heterocycles. The molecular weight excluding hydrogens is 433 g/mol. The van der Waals surface area contributed by atoms with Gasteiger partial charge in [-0.25, -0.2) is 4.98 Å². The Bertz CT molecular complexity index is 1050. The lowest BCUT2D eigenvalue weighted by molar-refractivity contribution is -0.274. The Hall–Kier alpha value is -3.40. The lowest BCUT2D eigenvalue weighted by Gasteiger charge is -2.14. The lowest BCUT2D eigenvalue weighted by atomic mass is 9.95. The zero-order valence-corrected chi connectivity index (χ0v) is 16.7. The number of nitrogens with one attached hydrogen (secondary N) is 1. The number of nitrogens with zero attached hydrogens (tertiary/aromatic N) is 1. The van der Waals surface area contributed by atoms with Gasteiger partial charge in [0.2, 0.25) is 5.91 Å². The van der Waals surface area contributed by atoms with Crippen molar-refractivity contribution in [2.45, 2.75) is 19.2 Å². The van der Waals surface area contributed by atoms with Crippen molar-refractivity contribution in [3.63, 3.8) is 0 Å². The second kappa shape index (κ2) is 9.61. The fourth-order valence-electron chi connectivity index (χ4n) is 2.89. The predicted octanol–water partition coefficient (Wildman–Crippen LogP) is 4.98. The van der Waals surface area contributed by atoms with Crippen LogP contribution in [0, 0.1) is 5.92 Å². The highest BCUT2D eigenvalue weighted by Crippen LogP contribution is 2.30. The standard InChI is InChI=1S/C21H17F3N2O4S/c22-21(23,24)30-16-8-4-7-14(10-16)17-12-31-20(25-17)26-19(29)15(11-18(27)28)9-13-5-2-1-3-6-13/h1-8,10,12,15H,9,11H2,(H,27,28)(H,25,26,29). The smallest absolute Gasteiger partial charge is 0.481 e. The Balaban J connectivity index is 1.72. The molecule has 3 rings (SSSR count). The van der Waals surface area contributed by atoms with E-state index in [0.717, 1.165) is 16.9 Å². The zero-order valence-electron chi connectivity index (χ0n) is 15.9. The Kier molecular flexibility index (Phi) is 6.91. The summed E-state index contributed by atoms with van der Waals surface area (Å²) in [6, 6.07) is 14.4. The van der Waals surface area contributed by atoms with E-state index in [0.29, 0.717) is 11.3 Å². The average molecular weight is 450 g/mol. The molecule has 0 radical (unpaired) electrons. The molecule has 0 saturated heterocycles. The summed E-state index contributed by atoms with van der Waals surface area (Å²) in [4.78, 5) is 28.1. The van der Waals surface area contributed by atoms with Gasteiger partial charge in [-0.3, -0.25) is 9.59 Å². The Morgan fingerprint density at radius 2 is 1.87 bits per heavy atom. The molecule has 0 aliphatic rings. The first kappa shape index (κ1) is 22.3. The van der Waals surface area contributed by atoms with Gasteiger partial charge in [-0.2, -0.15) is 0 Å². The van der Waals surface area contributed by atoms with Crippen molar-refractivity contribution in [1.29, 1.82) is 0 Å². The van der Waals surface area contributed by atoms with E-state index in [1.54, 1.807) is 35.7 Å². The number of carbonyl (C=O) groups excluding carboxylic acids is 1. The molecule has 6 nitrogen and oxygen atoms in total. The third-order valence-electron chi connectivity index (χ3n) is 4.21. The predicted molar refractivity (Wildman–Crippen MR) is 109 cm³/mol. The van der Waals surface area contributed by atoms with Crippen LogP contribution < -0.4 is 10.1 Å². The summed E-state index contributed by atoms with van der Waals surface area (Å²) in [5.41, 5.74) is 1.56. The fourth-order valence-corrected chi connectivity index (χ4v) is 3.61. The summed E-state index contributed by atoms with van der Waals surface area (Å²) in [6.45, 7) is 0. The molecule has 2 N–H and O–H groups in total. The van der Waals surface area contributed by atoms with Gasteiger partial charge in [-0.15, -0.1) is 24.5 Å². The molecule has 0 saturated carbocycles. The van der Waals surface area contributed by atoms with Gasteiger partial charge >= 0.3 is 12.3 Å². The van der Waals surface area contributed by atoms with Gasteiger partial charge in [0.25, 0.3) is 0 Å². The minimum absolute atomic E-state index is 0.214. The van der Waals surface area contributed by atoms with Crippen LogP contribution in [-0.4, -0.2) is 28.3 Å². The maximum absolute atomic E-state index is 12.7. The number of anilines is 1. The average Bonchev–Trinajstić information content (AvgIpc) is 3.15. The van der Waals surface area contributed by atoms with Crippen molar-refractivity contribution in [3.8, 4) is 17.0 Å². The molecule has 10 heteroatoms. The second-order valence-electron chi connectivity index (χ2n) is 6.59. The van der Waals surface area contributed by atoms with Crippen molar-refractivity contribution in [2.75, 3.05) is 5.32 Å². The van der Waals surface area contributed by atoms with E-state index in [4.69, 9.17) is 5.11 Å². The number of thiazole rings is 1. The molecule has 1 atom stereocenters. The number of ether oxygens (including phenoxy) is 1. The Morgan fingerprint density at radius 3 is 2.55 bits per heavy atom. The SMILES string of the molecule is O=C(O)CC(Cc1ccccc1)C(=O)Nc1nc(-c2cccc(OC(F)(F)F)c2)cs1. The van der Waals surface area contributed by atoms with Crippen LogP contribution in [0.4, 0.5) is 18.3 Å². The van der Waals surface area contributed by atoms with Crippen LogP contribution in [0.3, 0.4) is 0 Å². The third-order valence-corrected chi connectivity index (χ3v) is 4.97. The Morgan fingerprint density at radius 1 is 1.13 bits per heavy atom. The summed E-state index contributed by atoms with van der Waals surface area (Å²) in [7, 11) is 0. The van der Waals surface area contributed by atoms with Gasteiger partial charge in [0.1, 0.15) is 5.75 Å². The zero-order chi connectivity index (χ0) is 22.4. The minimum Gasteiger partial charge on any atom is -0.481 e. The molecule has 1 amide bonds. The topological polar surface area (TPSA) is 88.5 Å². The van der Waals surface area contributed by atoms with Gasteiger partial charge in [-0.05, 0) is 24.1 Å². The van der Waals surface area contributed by atoms with Crippen LogP contribution in [0.25, 0.3) is 11.3 Å². The third kappa shape index (κ3) is 6.82. The van der Waals surface area contributed by atoms with Crippen LogP contribution in [-0.2, 0) is 16.0 Å². The summed E-state index contributed by atoms with van der Waals surface area (Å²) in [5, 5.41) is 13.5. The van der Waals surface area contributed by atoms with Crippen molar-refractivity contribution in [1.82, 2.24) is 4.98 Å². The first-order chi connectivity index (χ1) is 14.7. The number of hydrogen-bond donors (Lipinski definition) is 2. The van der Waals surface area contributed by atoms with E-state index in [-0.39, 0.29) is 23.7 Å². The van der Waals surface area contributed by atoms with E-state index >= 15 is 0 Å². The highest BCUT2D eigenvalue weighted by molar-refractivity contribution is 7.14.